The second-order valence-corrected chi connectivity index (χ2v) is 14.0. The van der Waals surface area contributed by atoms with Gasteiger partial charge in [-0.25, -0.2) is 0 Å². The van der Waals surface area contributed by atoms with Crippen molar-refractivity contribution in [3.63, 3.8) is 0 Å². The molecule has 0 saturated carbocycles. The van der Waals surface area contributed by atoms with Gasteiger partial charge in [-0.2, -0.15) is 0 Å². The minimum absolute atomic E-state index is 0.0140. The van der Waals surface area contributed by atoms with E-state index in [1.54, 1.807) is 0 Å². The largest absolute Gasteiger partial charge is 0.359 e. The van der Waals surface area contributed by atoms with Crippen LogP contribution in [0.25, 0.3) is 32.7 Å². The minimum Gasteiger partial charge on any atom is -0.359 e. The van der Waals surface area contributed by atoms with Crippen LogP contribution in [0.4, 0.5) is 17.1 Å². The van der Waals surface area contributed by atoms with Crippen molar-refractivity contribution in [1.29, 1.82) is 0 Å². The first-order chi connectivity index (χ1) is 26.3. The smallest absolute Gasteiger partial charge is 0.130 e. The summed E-state index contributed by atoms with van der Waals surface area (Å²) in [7, 11) is 0. The highest BCUT2D eigenvalue weighted by molar-refractivity contribution is 6.18. The number of rotatable bonds is 6. The Morgan fingerprint density at radius 1 is 0.396 bits per heavy atom. The number of nitrogens with one attached hydrogen (secondary N) is 4. The molecule has 10 rings (SSSR count). The number of para-hydroxylation sites is 1. The molecule has 5 nitrogen and oxygen atoms in total. The summed E-state index contributed by atoms with van der Waals surface area (Å²) >= 11 is 0. The number of nitrogens with zero attached hydrogens (tertiary/aromatic N) is 1. The second kappa shape index (κ2) is 13.4. The zero-order valence-corrected chi connectivity index (χ0v) is 29.2. The summed E-state index contributed by atoms with van der Waals surface area (Å²) in [6.07, 6.45) is -0.105. The lowest BCUT2D eigenvalue weighted by Gasteiger charge is -2.39. The molecule has 256 valence electrons. The van der Waals surface area contributed by atoms with Crippen molar-refractivity contribution in [1.82, 2.24) is 16.0 Å². The normalized spacial score (nSPS) is 19.6. The Balaban J connectivity index is 1.02. The maximum atomic E-state index is 3.96. The number of hydrogen-bond acceptors (Lipinski definition) is 5. The summed E-state index contributed by atoms with van der Waals surface area (Å²) in [4.78, 5) is 2.43. The lowest BCUT2D eigenvalue weighted by molar-refractivity contribution is 0.203. The fraction of sp³-hybridized carbons (Fsp3) is 0.0833. The van der Waals surface area contributed by atoms with Crippen molar-refractivity contribution >= 4 is 38.6 Å². The van der Waals surface area contributed by atoms with E-state index in [1.807, 2.05) is 0 Å². The lowest BCUT2D eigenvalue weighted by Crippen LogP contribution is -2.54. The standard InChI is InChI=1S/C48H39N5/c1-5-14-33(15-6-1)45-50-46(34-16-7-2-8-17-34)52-47(51-45)39-21-13-20-36(31-39)37-26-28-41-38(30-37)25-24-32-27-29-42-44(43(32)41)49-48(35-18-9-3-10-19-35)53(42)40-22-11-4-12-23-40/h1-31,45-52H. The van der Waals surface area contributed by atoms with Gasteiger partial charge in [0.15, 0.2) is 0 Å². The predicted molar refractivity (Wildman–Crippen MR) is 219 cm³/mol. The Bertz CT molecular complexity index is 2490. The highest BCUT2D eigenvalue weighted by atomic mass is 15.4. The van der Waals surface area contributed by atoms with E-state index in [0.29, 0.717) is 0 Å². The van der Waals surface area contributed by atoms with Crippen molar-refractivity contribution in [3.05, 3.63) is 210 Å². The summed E-state index contributed by atoms with van der Waals surface area (Å²) < 4.78 is 0. The molecule has 3 atom stereocenters. The van der Waals surface area contributed by atoms with Gasteiger partial charge in [0.1, 0.15) is 6.17 Å². The Hall–Kier alpha value is -6.24. The highest BCUT2D eigenvalue weighted by Gasteiger charge is 2.33. The number of fused-ring (bicyclic) bond motifs is 5. The predicted octanol–water partition coefficient (Wildman–Crippen LogP) is 11.1. The van der Waals surface area contributed by atoms with Crippen molar-refractivity contribution in [2.45, 2.75) is 24.7 Å². The molecule has 8 aromatic rings. The molecule has 53 heavy (non-hydrogen) atoms. The Labute approximate surface area is 309 Å². The van der Waals surface area contributed by atoms with Crippen LogP contribution in [0, 0.1) is 0 Å². The first-order valence-corrected chi connectivity index (χ1v) is 18.4. The van der Waals surface area contributed by atoms with Crippen molar-refractivity contribution in [3.8, 4) is 11.1 Å². The molecule has 2 heterocycles. The number of anilines is 3. The first kappa shape index (κ1) is 31.5. The van der Waals surface area contributed by atoms with Gasteiger partial charge in [-0.3, -0.25) is 16.0 Å². The first-order valence-electron chi connectivity index (χ1n) is 18.4. The van der Waals surface area contributed by atoms with Crippen molar-refractivity contribution in [2.24, 2.45) is 0 Å². The highest BCUT2D eigenvalue weighted by Crippen LogP contribution is 2.50. The van der Waals surface area contributed by atoms with E-state index >= 15 is 0 Å². The molecule has 2 aliphatic heterocycles. The van der Waals surface area contributed by atoms with Crippen LogP contribution in [0.3, 0.4) is 0 Å². The number of benzene rings is 8. The van der Waals surface area contributed by atoms with Gasteiger partial charge in [-0.1, -0.05) is 158 Å². The Kier molecular flexibility index (Phi) is 7.95. The molecule has 8 aromatic carbocycles. The molecule has 2 aliphatic rings. The molecule has 0 amide bonds. The zero-order valence-electron chi connectivity index (χ0n) is 29.2. The fourth-order valence-corrected chi connectivity index (χ4v) is 8.17. The van der Waals surface area contributed by atoms with E-state index in [2.05, 4.69) is 214 Å². The summed E-state index contributed by atoms with van der Waals surface area (Å²) in [6, 6.07) is 67.6. The molecular formula is C48H39N5. The molecule has 0 radical (unpaired) electrons. The maximum absolute atomic E-state index is 3.96. The van der Waals surface area contributed by atoms with Crippen LogP contribution in [-0.2, 0) is 0 Å². The molecule has 5 heteroatoms. The quantitative estimate of drug-likeness (QED) is 0.131. The molecule has 4 N–H and O–H groups in total. The Morgan fingerprint density at radius 3 is 1.58 bits per heavy atom. The minimum atomic E-state index is -0.0604. The van der Waals surface area contributed by atoms with Crippen LogP contribution in [0.5, 0.6) is 0 Å². The molecule has 0 spiro atoms. The van der Waals surface area contributed by atoms with E-state index in [1.165, 1.54) is 66.3 Å². The van der Waals surface area contributed by atoms with Crippen LogP contribution in [0.1, 0.15) is 46.9 Å². The fourth-order valence-electron chi connectivity index (χ4n) is 8.17. The average Bonchev–Trinajstić information content (AvgIpc) is 3.64. The van der Waals surface area contributed by atoms with Crippen molar-refractivity contribution < 1.29 is 0 Å². The van der Waals surface area contributed by atoms with Gasteiger partial charge >= 0.3 is 0 Å². The van der Waals surface area contributed by atoms with Crippen molar-refractivity contribution in [2.75, 3.05) is 10.2 Å². The van der Waals surface area contributed by atoms with Gasteiger partial charge in [0.05, 0.1) is 29.9 Å². The summed E-state index contributed by atoms with van der Waals surface area (Å²) in [5, 5.41) is 20.4. The van der Waals surface area contributed by atoms with Gasteiger partial charge < -0.3 is 10.2 Å². The van der Waals surface area contributed by atoms with Crippen LogP contribution < -0.4 is 26.2 Å². The molecule has 0 aliphatic carbocycles. The van der Waals surface area contributed by atoms with Gasteiger partial charge in [0, 0.05) is 11.1 Å². The van der Waals surface area contributed by atoms with Gasteiger partial charge in [0.25, 0.3) is 0 Å². The molecular weight excluding hydrogens is 647 g/mol. The van der Waals surface area contributed by atoms with Crippen LogP contribution in [-0.4, -0.2) is 0 Å². The summed E-state index contributed by atoms with van der Waals surface area (Å²) in [5.74, 6) is 0. The molecule has 1 fully saturated rings. The summed E-state index contributed by atoms with van der Waals surface area (Å²) in [6.45, 7) is 0. The number of hydrogen-bond donors (Lipinski definition) is 4. The third kappa shape index (κ3) is 5.81. The zero-order chi connectivity index (χ0) is 35.1. The second-order valence-electron chi connectivity index (χ2n) is 14.0. The van der Waals surface area contributed by atoms with Crippen LogP contribution in [0.15, 0.2) is 188 Å². The SMILES string of the molecule is c1ccc(C2NC(c3ccccc3)NC(c3cccc(-c4ccc5c(ccc6ccc7c(c65)NC(c5ccccc5)N7c5ccccc5)c4)c3)N2)cc1. The lowest BCUT2D eigenvalue weighted by atomic mass is 9.95. The van der Waals surface area contributed by atoms with E-state index in [4.69, 9.17) is 0 Å². The molecule has 0 aromatic heterocycles. The third-order valence-corrected chi connectivity index (χ3v) is 10.7. The molecule has 3 unspecified atom stereocenters. The van der Waals surface area contributed by atoms with Gasteiger partial charge in [-0.05, 0) is 79.9 Å². The monoisotopic (exact) mass is 685 g/mol. The van der Waals surface area contributed by atoms with E-state index in [0.717, 1.165) is 5.69 Å². The molecule has 1 saturated heterocycles. The molecule has 0 bridgehead atoms. The van der Waals surface area contributed by atoms with Crippen LogP contribution >= 0.6 is 0 Å². The van der Waals surface area contributed by atoms with Gasteiger partial charge in [-0.15, -0.1) is 0 Å². The third-order valence-electron chi connectivity index (χ3n) is 10.7. The maximum Gasteiger partial charge on any atom is 0.130 e. The topological polar surface area (TPSA) is 51.4 Å². The van der Waals surface area contributed by atoms with E-state index in [9.17, 15) is 0 Å². The average molecular weight is 686 g/mol. The summed E-state index contributed by atoms with van der Waals surface area (Å²) in [5.41, 5.74) is 10.7. The van der Waals surface area contributed by atoms with Gasteiger partial charge in [0.2, 0.25) is 0 Å². The van der Waals surface area contributed by atoms with E-state index in [-0.39, 0.29) is 24.7 Å². The Morgan fingerprint density at radius 2 is 0.925 bits per heavy atom. The van der Waals surface area contributed by atoms with E-state index < -0.39 is 0 Å². The van der Waals surface area contributed by atoms with Crippen LogP contribution in [0.2, 0.25) is 0 Å².